The van der Waals surface area contributed by atoms with Crippen molar-refractivity contribution in [2.24, 2.45) is 0 Å². The number of carboxylic acids is 1. The first-order valence-corrected chi connectivity index (χ1v) is 8.91. The standard InChI is InChI=1S/C19H25N3O6/c1-12(2)22(10-18(24)25)17(23)6-5-7-21-11-20-14-9-16(28-4)15(27-3)8-13(14)19(21)26/h8-9,11-12H,5-7,10H2,1-4H3,(H,24,25). The summed E-state index contributed by atoms with van der Waals surface area (Å²) in [6, 6.07) is 3.00. The fourth-order valence-corrected chi connectivity index (χ4v) is 2.89. The van der Waals surface area contributed by atoms with Gasteiger partial charge in [0.1, 0.15) is 6.54 Å². The van der Waals surface area contributed by atoms with Crippen LogP contribution in [0.5, 0.6) is 11.5 Å². The van der Waals surface area contributed by atoms with Crippen LogP contribution in [0.4, 0.5) is 0 Å². The van der Waals surface area contributed by atoms with Crippen molar-refractivity contribution in [2.45, 2.75) is 39.3 Å². The Morgan fingerprint density at radius 3 is 2.43 bits per heavy atom. The van der Waals surface area contributed by atoms with Crippen LogP contribution in [0, 0.1) is 0 Å². The normalized spacial score (nSPS) is 10.9. The maximum atomic E-state index is 12.7. The van der Waals surface area contributed by atoms with Gasteiger partial charge in [-0.25, -0.2) is 4.98 Å². The molecule has 1 aromatic heterocycles. The lowest BCUT2D eigenvalue weighted by Crippen LogP contribution is -2.40. The highest BCUT2D eigenvalue weighted by Gasteiger charge is 2.19. The molecule has 9 heteroatoms. The van der Waals surface area contributed by atoms with Crippen LogP contribution in [0.2, 0.25) is 0 Å². The summed E-state index contributed by atoms with van der Waals surface area (Å²) in [6.07, 6.45) is 1.96. The van der Waals surface area contributed by atoms with Gasteiger partial charge < -0.3 is 19.5 Å². The van der Waals surface area contributed by atoms with Gasteiger partial charge in [-0.3, -0.25) is 19.0 Å². The van der Waals surface area contributed by atoms with E-state index in [1.165, 1.54) is 30.0 Å². The Balaban J connectivity index is 2.14. The van der Waals surface area contributed by atoms with Gasteiger partial charge in [-0.1, -0.05) is 0 Å². The van der Waals surface area contributed by atoms with Gasteiger partial charge in [0.2, 0.25) is 5.91 Å². The van der Waals surface area contributed by atoms with Crippen LogP contribution in [0.15, 0.2) is 23.3 Å². The quantitative estimate of drug-likeness (QED) is 0.690. The monoisotopic (exact) mass is 391 g/mol. The fraction of sp³-hybridized carbons (Fsp3) is 0.474. The molecule has 1 amide bonds. The summed E-state index contributed by atoms with van der Waals surface area (Å²) in [5.41, 5.74) is 0.243. The molecule has 0 aliphatic rings. The second-order valence-corrected chi connectivity index (χ2v) is 6.58. The van der Waals surface area contributed by atoms with Gasteiger partial charge in [0.25, 0.3) is 5.56 Å². The molecule has 0 saturated carbocycles. The van der Waals surface area contributed by atoms with Crippen LogP contribution in [-0.2, 0) is 16.1 Å². The highest BCUT2D eigenvalue weighted by molar-refractivity contribution is 5.82. The maximum absolute atomic E-state index is 12.7. The predicted octanol–water partition coefficient (Wildman–Crippen LogP) is 1.52. The van der Waals surface area contributed by atoms with E-state index in [1.54, 1.807) is 26.0 Å². The number of fused-ring (bicyclic) bond motifs is 1. The molecule has 0 radical (unpaired) electrons. The number of rotatable bonds is 9. The number of ether oxygens (including phenoxy) is 2. The predicted molar refractivity (Wildman–Crippen MR) is 103 cm³/mol. The molecule has 2 aromatic rings. The number of aliphatic carboxylic acids is 1. The molecule has 2 rings (SSSR count). The van der Waals surface area contributed by atoms with Gasteiger partial charge in [0.15, 0.2) is 11.5 Å². The summed E-state index contributed by atoms with van der Waals surface area (Å²) >= 11 is 0. The number of hydrogen-bond donors (Lipinski definition) is 1. The number of amides is 1. The summed E-state index contributed by atoms with van der Waals surface area (Å²) in [7, 11) is 2.99. The zero-order valence-corrected chi connectivity index (χ0v) is 16.5. The summed E-state index contributed by atoms with van der Waals surface area (Å²) < 4.78 is 11.9. The zero-order valence-electron chi connectivity index (χ0n) is 16.5. The molecule has 0 bridgehead atoms. The van der Waals surface area contributed by atoms with Gasteiger partial charge in [0.05, 0.1) is 31.4 Å². The molecule has 1 heterocycles. The highest BCUT2D eigenvalue weighted by Crippen LogP contribution is 2.29. The van der Waals surface area contributed by atoms with Crippen LogP contribution >= 0.6 is 0 Å². The van der Waals surface area contributed by atoms with Crippen LogP contribution in [0.1, 0.15) is 26.7 Å². The van der Waals surface area contributed by atoms with E-state index in [0.717, 1.165) is 0 Å². The Labute approximate surface area is 162 Å². The minimum Gasteiger partial charge on any atom is -0.493 e. The van der Waals surface area contributed by atoms with Crippen molar-refractivity contribution >= 4 is 22.8 Å². The second kappa shape index (κ2) is 9.20. The molecule has 1 aromatic carbocycles. The summed E-state index contributed by atoms with van der Waals surface area (Å²) in [5.74, 6) is -0.396. The topological polar surface area (TPSA) is 111 Å². The molecule has 28 heavy (non-hydrogen) atoms. The number of hydrogen-bond acceptors (Lipinski definition) is 6. The smallest absolute Gasteiger partial charge is 0.323 e. The summed E-state index contributed by atoms with van der Waals surface area (Å²) in [4.78, 5) is 41.5. The summed E-state index contributed by atoms with van der Waals surface area (Å²) in [6.45, 7) is 3.48. The van der Waals surface area contributed by atoms with Crippen molar-refractivity contribution in [3.63, 3.8) is 0 Å². The Bertz CT molecular complexity index is 922. The average Bonchev–Trinajstić information content (AvgIpc) is 2.66. The van der Waals surface area contributed by atoms with E-state index in [0.29, 0.717) is 35.4 Å². The van der Waals surface area contributed by atoms with E-state index >= 15 is 0 Å². The number of aromatic nitrogens is 2. The minimum absolute atomic E-state index is 0.141. The molecular weight excluding hydrogens is 366 g/mol. The Morgan fingerprint density at radius 2 is 1.86 bits per heavy atom. The van der Waals surface area contributed by atoms with Gasteiger partial charge >= 0.3 is 5.97 Å². The summed E-state index contributed by atoms with van der Waals surface area (Å²) in [5, 5.41) is 9.33. The van der Waals surface area contributed by atoms with Crippen molar-refractivity contribution in [2.75, 3.05) is 20.8 Å². The molecule has 0 atom stereocenters. The van der Waals surface area contributed by atoms with E-state index in [4.69, 9.17) is 14.6 Å². The van der Waals surface area contributed by atoms with E-state index in [1.807, 2.05) is 0 Å². The Hall–Kier alpha value is -3.10. The van der Waals surface area contributed by atoms with Crippen molar-refractivity contribution in [3.8, 4) is 11.5 Å². The number of methoxy groups -OCH3 is 2. The van der Waals surface area contributed by atoms with E-state index in [9.17, 15) is 14.4 Å². The van der Waals surface area contributed by atoms with Crippen LogP contribution in [0.3, 0.4) is 0 Å². The number of benzene rings is 1. The Kier molecular flexibility index (Phi) is 6.97. The molecule has 0 spiro atoms. The lowest BCUT2D eigenvalue weighted by atomic mass is 10.2. The molecule has 0 fully saturated rings. The largest absolute Gasteiger partial charge is 0.493 e. The minimum atomic E-state index is -1.05. The highest BCUT2D eigenvalue weighted by atomic mass is 16.5. The first-order chi connectivity index (χ1) is 13.3. The molecule has 0 aliphatic heterocycles. The number of aryl methyl sites for hydroxylation is 1. The van der Waals surface area contributed by atoms with E-state index in [2.05, 4.69) is 4.98 Å². The number of carboxylic acid groups (broad SMARTS) is 1. The van der Waals surface area contributed by atoms with Crippen molar-refractivity contribution in [1.29, 1.82) is 0 Å². The van der Waals surface area contributed by atoms with Crippen molar-refractivity contribution in [1.82, 2.24) is 14.5 Å². The molecule has 0 saturated heterocycles. The molecule has 0 aliphatic carbocycles. The molecule has 9 nitrogen and oxygen atoms in total. The average molecular weight is 391 g/mol. The SMILES string of the molecule is COc1cc2ncn(CCCC(=O)N(CC(=O)O)C(C)C)c(=O)c2cc1OC. The van der Waals surface area contributed by atoms with E-state index in [-0.39, 0.29) is 30.5 Å². The van der Waals surface area contributed by atoms with Crippen molar-refractivity contribution in [3.05, 3.63) is 28.8 Å². The fourth-order valence-electron chi connectivity index (χ4n) is 2.89. The zero-order chi connectivity index (χ0) is 20.8. The first-order valence-electron chi connectivity index (χ1n) is 8.91. The number of carbonyl (C=O) groups excluding carboxylic acids is 1. The number of nitrogens with zero attached hydrogens (tertiary/aromatic N) is 3. The maximum Gasteiger partial charge on any atom is 0.323 e. The van der Waals surface area contributed by atoms with Gasteiger partial charge in [0, 0.05) is 25.1 Å². The molecule has 0 unspecified atom stereocenters. The third-order valence-electron chi connectivity index (χ3n) is 4.37. The van der Waals surface area contributed by atoms with Gasteiger partial charge in [-0.15, -0.1) is 0 Å². The third-order valence-corrected chi connectivity index (χ3v) is 4.37. The molecule has 152 valence electrons. The third kappa shape index (κ3) is 4.79. The first kappa shape index (κ1) is 21.2. The van der Waals surface area contributed by atoms with Gasteiger partial charge in [-0.2, -0.15) is 0 Å². The van der Waals surface area contributed by atoms with Gasteiger partial charge in [-0.05, 0) is 26.3 Å². The Morgan fingerprint density at radius 1 is 1.21 bits per heavy atom. The lowest BCUT2D eigenvalue weighted by Gasteiger charge is -2.24. The number of carbonyl (C=O) groups is 2. The van der Waals surface area contributed by atoms with Crippen LogP contribution in [0.25, 0.3) is 10.9 Å². The second-order valence-electron chi connectivity index (χ2n) is 6.58. The van der Waals surface area contributed by atoms with E-state index < -0.39 is 5.97 Å². The van der Waals surface area contributed by atoms with Crippen LogP contribution < -0.4 is 15.0 Å². The molecule has 1 N–H and O–H groups in total. The molecular formula is C19H25N3O6. The lowest BCUT2D eigenvalue weighted by molar-refractivity contribution is -0.145. The van der Waals surface area contributed by atoms with Crippen LogP contribution in [-0.4, -0.2) is 58.2 Å². The van der Waals surface area contributed by atoms with Crippen molar-refractivity contribution < 1.29 is 24.2 Å².